The second-order valence-corrected chi connectivity index (χ2v) is 26.9. The molecule has 0 saturated carbocycles. The Morgan fingerprint density at radius 2 is 1.00 bits per heavy atom. The number of thioether (sulfide) groups is 2. The summed E-state index contributed by atoms with van der Waals surface area (Å²) in [5.74, 6) is -18.4. The monoisotopic (exact) mass is 1470 g/mol. The smallest absolute Gasteiger partial charge is 0.326 e. The lowest BCUT2D eigenvalue weighted by Crippen LogP contribution is -2.62. The first kappa shape index (κ1) is 88.4. The van der Waals surface area contributed by atoms with Gasteiger partial charge in [0.25, 0.3) is 0 Å². The van der Waals surface area contributed by atoms with E-state index in [1.807, 2.05) is 0 Å². The van der Waals surface area contributed by atoms with Gasteiger partial charge in [0.2, 0.25) is 76.8 Å². The van der Waals surface area contributed by atoms with Crippen molar-refractivity contribution in [2.75, 3.05) is 43.7 Å². The van der Waals surface area contributed by atoms with Crippen molar-refractivity contribution in [3.05, 3.63) is 35.9 Å². The van der Waals surface area contributed by atoms with Gasteiger partial charge in [-0.05, 0) is 113 Å². The minimum absolute atomic E-state index is 0.00496. The van der Waals surface area contributed by atoms with Crippen LogP contribution in [0.1, 0.15) is 118 Å². The number of nitrogens with two attached hydrogens (primary N) is 3. The number of aliphatic hydroxyl groups excluding tert-OH is 2. The third-order valence-electron chi connectivity index (χ3n) is 15.9. The van der Waals surface area contributed by atoms with Gasteiger partial charge >= 0.3 is 17.9 Å². The molecule has 2 rings (SSSR count). The number of aliphatic carboxylic acids is 3. The molecule has 1 aromatic rings. The molecule has 1 heterocycles. The van der Waals surface area contributed by atoms with Gasteiger partial charge in [-0.15, -0.1) is 0 Å². The van der Waals surface area contributed by atoms with Crippen LogP contribution in [0.25, 0.3) is 0 Å². The largest absolute Gasteiger partial charge is 0.481 e. The standard InChI is InChI=1S/C63H101N15O21S2/c1-31(2)49(59(94)70-38(21-25-100-7)54(89)76-50(32(3)4)60(95)77-51(34(6)80)61(96)69-36(17-12-13-23-64)53(88)74-42(63(98)99)27-35-15-10-9-11-16-35)75-45(82)30-67-52(87)37(19-20-46(83)84)68-56(91)41(29-47(85)86)72-57(92)43-18-14-24-78(43)62(97)39(22-26-101-8)71-55(90)40(28-44(65)81)73-58(93)48(66)33(5)79/h9-11,15-16,31-34,36-43,48-51,79-80H,12-14,17-30,64,66H2,1-8H3,(H2,65,81)(H,67,87)(H,68,91)(H,69,96)(H,70,94)(H,71,90)(H,72,92)(H,73,93)(H,74,88)(H,75,82)(H,76,89)(H,77,95)(H,83,84)(H,85,86)(H,98,99)/t33-,34-,36+,37+,38+,39+,40+,41+,42+,43+,48+,49+,50+,51+/m1/s1. The van der Waals surface area contributed by atoms with Crippen molar-refractivity contribution >= 4 is 118 Å². The van der Waals surface area contributed by atoms with Crippen LogP contribution < -0.4 is 75.7 Å². The van der Waals surface area contributed by atoms with Gasteiger partial charge in [0.1, 0.15) is 72.5 Å². The average molecular weight is 1470 g/mol. The number of amides is 13. The minimum Gasteiger partial charge on any atom is -0.481 e. The predicted molar refractivity (Wildman–Crippen MR) is 368 cm³/mol. The fourth-order valence-electron chi connectivity index (χ4n) is 10.2. The van der Waals surface area contributed by atoms with Crippen molar-refractivity contribution < 1.29 is 102 Å². The number of hydrogen-bond donors (Lipinski definition) is 19. The Balaban J connectivity index is 2.29. The van der Waals surface area contributed by atoms with Crippen molar-refractivity contribution in [2.24, 2.45) is 29.0 Å². The summed E-state index contributed by atoms with van der Waals surface area (Å²) >= 11 is 2.57. The first-order valence-electron chi connectivity index (χ1n) is 32.9. The van der Waals surface area contributed by atoms with Gasteiger partial charge in [-0.25, -0.2) is 4.79 Å². The number of aliphatic hydroxyl groups is 2. The number of carboxylic acids is 3. The SMILES string of the molecule is CSCC[C@H](NC(=O)[C@@H](NC(=O)CNC(=O)[C@H](CCC(=O)O)NC(=O)[C@H](CC(=O)O)NC(=O)[C@@H]1CCCN1C(=O)[C@H](CCSC)NC(=O)[C@H](CC(N)=O)NC(=O)[C@@H](N)[C@@H](C)O)C(C)C)C(=O)N[C@H](C(=O)N[C@H](C(=O)N[C@@H](CCCCN)C(=O)N[C@@H](Cc1ccccc1)C(=O)O)[C@@H](C)O)C(C)C. The zero-order valence-corrected chi connectivity index (χ0v) is 59.5. The molecule has 0 unspecified atom stereocenters. The Hall–Kier alpha value is -8.72. The number of rotatable bonds is 47. The highest BCUT2D eigenvalue weighted by molar-refractivity contribution is 7.98. The molecule has 1 saturated heterocycles. The lowest BCUT2D eigenvalue weighted by atomic mass is 10.00. The van der Waals surface area contributed by atoms with Gasteiger partial charge in [-0.1, -0.05) is 58.0 Å². The number of unbranched alkanes of at least 4 members (excludes halogenated alkanes) is 1. The number of nitrogens with one attached hydrogen (secondary N) is 11. The van der Waals surface area contributed by atoms with E-state index in [2.05, 4.69) is 58.5 Å². The Morgan fingerprint density at radius 1 is 0.525 bits per heavy atom. The molecule has 0 aliphatic carbocycles. The third kappa shape index (κ3) is 31.4. The third-order valence-corrected chi connectivity index (χ3v) is 17.2. The fourth-order valence-corrected chi connectivity index (χ4v) is 11.2. The molecule has 1 fully saturated rings. The van der Waals surface area contributed by atoms with E-state index in [-0.39, 0.29) is 63.1 Å². The van der Waals surface area contributed by atoms with Gasteiger partial charge in [0.05, 0.1) is 31.6 Å². The molecule has 1 aromatic carbocycles. The van der Waals surface area contributed by atoms with Crippen LogP contribution in [0.5, 0.6) is 0 Å². The first-order valence-corrected chi connectivity index (χ1v) is 35.7. The number of carbonyl (C=O) groups excluding carboxylic acids is 13. The van der Waals surface area contributed by atoms with Crippen LogP contribution in [0.3, 0.4) is 0 Å². The van der Waals surface area contributed by atoms with Crippen molar-refractivity contribution in [1.29, 1.82) is 0 Å². The molecular formula is C63H101N15O21S2. The molecule has 0 bridgehead atoms. The molecule has 13 amide bonds. The predicted octanol–water partition coefficient (Wildman–Crippen LogP) is -5.48. The van der Waals surface area contributed by atoms with E-state index in [1.54, 1.807) is 56.7 Å². The zero-order chi connectivity index (χ0) is 76.4. The highest BCUT2D eigenvalue weighted by Crippen LogP contribution is 2.21. The number of carbonyl (C=O) groups is 16. The van der Waals surface area contributed by atoms with E-state index in [9.17, 15) is 102 Å². The van der Waals surface area contributed by atoms with Crippen LogP contribution >= 0.6 is 23.5 Å². The molecule has 0 aromatic heterocycles. The molecule has 36 nitrogen and oxygen atoms in total. The summed E-state index contributed by atoms with van der Waals surface area (Å²) in [5, 5.41) is 76.5. The van der Waals surface area contributed by atoms with E-state index in [0.29, 0.717) is 18.4 Å². The Bertz CT molecular complexity index is 3020. The van der Waals surface area contributed by atoms with Crippen molar-refractivity contribution in [3.8, 4) is 0 Å². The van der Waals surface area contributed by atoms with Gasteiger partial charge in [-0.2, -0.15) is 23.5 Å². The number of benzene rings is 1. The number of carboxylic acid groups (broad SMARTS) is 3. The Kier molecular flexibility index (Phi) is 39.6. The first-order chi connectivity index (χ1) is 47.5. The second-order valence-electron chi connectivity index (χ2n) is 24.9. The summed E-state index contributed by atoms with van der Waals surface area (Å²) in [4.78, 5) is 215. The van der Waals surface area contributed by atoms with Crippen LogP contribution in [0.15, 0.2) is 30.3 Å². The van der Waals surface area contributed by atoms with Gasteiger partial charge in [0.15, 0.2) is 0 Å². The Labute approximate surface area is 593 Å². The summed E-state index contributed by atoms with van der Waals surface area (Å²) in [6.07, 6.45) is -2.07. The van der Waals surface area contributed by atoms with Crippen molar-refractivity contribution in [2.45, 2.75) is 203 Å². The normalized spacial score (nSPS) is 16.6. The summed E-state index contributed by atoms with van der Waals surface area (Å²) in [6.45, 7) is 7.82. The van der Waals surface area contributed by atoms with E-state index < -0.39 is 223 Å². The number of likely N-dealkylation sites (tertiary alicyclic amines) is 1. The van der Waals surface area contributed by atoms with Gasteiger partial charge in [-0.3, -0.25) is 71.9 Å². The molecule has 0 spiro atoms. The molecule has 566 valence electrons. The summed E-state index contributed by atoms with van der Waals surface area (Å²) in [5.41, 5.74) is 17.3. The maximum atomic E-state index is 14.2. The molecular weight excluding hydrogens is 1370 g/mol. The van der Waals surface area contributed by atoms with Crippen LogP contribution in [-0.2, 0) is 83.1 Å². The molecule has 38 heteroatoms. The summed E-state index contributed by atoms with van der Waals surface area (Å²) in [7, 11) is 0. The average Bonchev–Trinajstić information content (AvgIpc) is 1.72. The quantitative estimate of drug-likeness (QED) is 0.0271. The number of nitrogens with zero attached hydrogens (tertiary/aromatic N) is 1. The number of hydrogen-bond acceptors (Lipinski definition) is 22. The number of primary amides is 1. The van der Waals surface area contributed by atoms with E-state index >= 15 is 0 Å². The highest BCUT2D eigenvalue weighted by Gasteiger charge is 2.42. The fraction of sp³-hybridized carbons (Fsp3) is 0.651. The van der Waals surface area contributed by atoms with E-state index in [1.165, 1.54) is 51.2 Å². The van der Waals surface area contributed by atoms with Crippen LogP contribution in [-0.4, -0.2) is 253 Å². The van der Waals surface area contributed by atoms with Gasteiger partial charge in [0, 0.05) is 19.4 Å². The molecule has 14 atom stereocenters. The van der Waals surface area contributed by atoms with Crippen molar-refractivity contribution in [3.63, 3.8) is 0 Å². The maximum absolute atomic E-state index is 14.2. The molecule has 22 N–H and O–H groups in total. The molecule has 101 heavy (non-hydrogen) atoms. The second kappa shape index (κ2) is 45.2. The lowest BCUT2D eigenvalue weighted by molar-refractivity contribution is -0.144. The summed E-state index contributed by atoms with van der Waals surface area (Å²) in [6, 6.07) is -9.95. The minimum atomic E-state index is -1.98. The molecule has 1 aliphatic rings. The van der Waals surface area contributed by atoms with Gasteiger partial charge < -0.3 is 106 Å². The molecule has 0 radical (unpaired) electrons. The lowest BCUT2D eigenvalue weighted by Gasteiger charge is -2.30. The van der Waals surface area contributed by atoms with Crippen LogP contribution in [0.4, 0.5) is 0 Å². The topological polar surface area (TPSA) is 588 Å². The van der Waals surface area contributed by atoms with Crippen molar-refractivity contribution in [1.82, 2.24) is 63.4 Å². The van der Waals surface area contributed by atoms with E-state index in [4.69, 9.17) is 17.2 Å². The summed E-state index contributed by atoms with van der Waals surface area (Å²) < 4.78 is 0. The van der Waals surface area contributed by atoms with Crippen LogP contribution in [0, 0.1) is 11.8 Å². The van der Waals surface area contributed by atoms with E-state index in [0.717, 1.165) is 4.90 Å². The highest BCUT2D eigenvalue weighted by atomic mass is 32.2. The maximum Gasteiger partial charge on any atom is 0.326 e. The van der Waals surface area contributed by atoms with Crippen LogP contribution in [0.2, 0.25) is 0 Å². The Morgan fingerprint density at radius 3 is 1.52 bits per heavy atom. The zero-order valence-electron chi connectivity index (χ0n) is 57.9. The molecule has 1 aliphatic heterocycles.